The first-order valence-corrected chi connectivity index (χ1v) is 7.62. The van der Waals surface area contributed by atoms with Crippen molar-refractivity contribution in [1.82, 2.24) is 5.32 Å². The second kappa shape index (κ2) is 6.36. The summed E-state index contributed by atoms with van der Waals surface area (Å²) in [4.78, 5) is 0. The Morgan fingerprint density at radius 3 is 2.67 bits per heavy atom. The van der Waals surface area contributed by atoms with Gasteiger partial charge in [0.1, 0.15) is 5.75 Å². The van der Waals surface area contributed by atoms with Crippen molar-refractivity contribution in [3.05, 3.63) is 50.6 Å². The van der Waals surface area contributed by atoms with Gasteiger partial charge in [0.05, 0.1) is 12.6 Å². The lowest BCUT2D eigenvalue weighted by atomic mass is 10.0. The van der Waals surface area contributed by atoms with Crippen molar-refractivity contribution in [2.24, 2.45) is 0 Å². The molecule has 0 aliphatic heterocycles. The molecule has 4 heteroatoms. The third kappa shape index (κ3) is 2.76. The Balaban J connectivity index is 2.42. The van der Waals surface area contributed by atoms with Crippen molar-refractivity contribution >= 4 is 27.3 Å². The van der Waals surface area contributed by atoms with Crippen LogP contribution in [0.5, 0.6) is 5.75 Å². The summed E-state index contributed by atoms with van der Waals surface area (Å²) in [6, 6.07) is 8.32. The van der Waals surface area contributed by atoms with Gasteiger partial charge < -0.3 is 10.1 Å². The van der Waals surface area contributed by atoms with Crippen molar-refractivity contribution < 1.29 is 4.74 Å². The maximum absolute atomic E-state index is 5.71. The summed E-state index contributed by atoms with van der Waals surface area (Å²) in [7, 11) is 1.97. The molecular weight excluding hydrogens is 310 g/mol. The van der Waals surface area contributed by atoms with Gasteiger partial charge in [0.15, 0.2) is 0 Å². The maximum Gasteiger partial charge on any atom is 0.124 e. The molecule has 0 saturated heterocycles. The zero-order valence-electron chi connectivity index (χ0n) is 10.4. The third-order valence-corrected chi connectivity index (χ3v) is 4.52. The molecule has 1 aromatic heterocycles. The average molecular weight is 326 g/mol. The molecule has 0 bridgehead atoms. The number of rotatable bonds is 5. The number of thiophene rings is 1. The Morgan fingerprint density at radius 2 is 2.06 bits per heavy atom. The van der Waals surface area contributed by atoms with E-state index in [2.05, 4.69) is 38.1 Å². The zero-order valence-corrected chi connectivity index (χ0v) is 12.8. The maximum atomic E-state index is 5.71. The fourth-order valence-electron chi connectivity index (χ4n) is 1.98. The first kappa shape index (κ1) is 13.6. The van der Waals surface area contributed by atoms with E-state index in [0.29, 0.717) is 6.61 Å². The van der Waals surface area contributed by atoms with E-state index in [4.69, 9.17) is 4.74 Å². The fourth-order valence-corrected chi connectivity index (χ4v) is 3.53. The minimum Gasteiger partial charge on any atom is -0.494 e. The number of nitrogens with one attached hydrogen (secondary N) is 1. The second-order valence-corrected chi connectivity index (χ2v) is 5.47. The highest BCUT2D eigenvalue weighted by molar-refractivity contribution is 9.10. The highest BCUT2D eigenvalue weighted by Gasteiger charge is 2.19. The molecule has 0 amide bonds. The van der Waals surface area contributed by atoms with Crippen LogP contribution in [0.1, 0.15) is 24.1 Å². The average Bonchev–Trinajstić information content (AvgIpc) is 2.79. The number of para-hydroxylation sites is 1. The molecule has 1 heterocycles. The standard InChI is InChI=1S/C14H16BrNOS/c1-3-17-13-7-5-4-6-10(13)14(16-2)11-8-18-9-12(11)15/h4-9,14,16H,3H2,1-2H3. The molecule has 2 nitrogen and oxygen atoms in total. The van der Waals surface area contributed by atoms with Crippen LogP contribution in [0.2, 0.25) is 0 Å². The Kier molecular flexibility index (Phi) is 4.80. The number of halogens is 1. The van der Waals surface area contributed by atoms with E-state index in [9.17, 15) is 0 Å². The first-order valence-electron chi connectivity index (χ1n) is 5.88. The predicted molar refractivity (Wildman–Crippen MR) is 80.5 cm³/mol. The van der Waals surface area contributed by atoms with E-state index in [1.807, 2.05) is 32.2 Å². The lowest BCUT2D eigenvalue weighted by Gasteiger charge is -2.19. The van der Waals surface area contributed by atoms with Crippen LogP contribution in [0.25, 0.3) is 0 Å². The van der Waals surface area contributed by atoms with Gasteiger partial charge in [0.2, 0.25) is 0 Å². The minimum atomic E-state index is 0.147. The lowest BCUT2D eigenvalue weighted by molar-refractivity contribution is 0.334. The van der Waals surface area contributed by atoms with Crippen molar-refractivity contribution in [1.29, 1.82) is 0 Å². The summed E-state index contributed by atoms with van der Waals surface area (Å²) in [5, 5.41) is 7.62. The normalized spacial score (nSPS) is 12.4. The molecule has 2 aromatic rings. The molecular formula is C14H16BrNOS. The van der Waals surface area contributed by atoms with Gasteiger partial charge in [-0.3, -0.25) is 0 Å². The summed E-state index contributed by atoms with van der Waals surface area (Å²) < 4.78 is 6.84. The van der Waals surface area contributed by atoms with Crippen molar-refractivity contribution in [2.75, 3.05) is 13.7 Å². The second-order valence-electron chi connectivity index (χ2n) is 3.87. The molecule has 1 N–H and O–H groups in total. The Hall–Kier alpha value is -0.840. The summed E-state index contributed by atoms with van der Waals surface area (Å²) >= 11 is 5.29. The van der Waals surface area contributed by atoms with Crippen LogP contribution >= 0.6 is 27.3 Å². The highest BCUT2D eigenvalue weighted by Crippen LogP contribution is 2.35. The summed E-state index contributed by atoms with van der Waals surface area (Å²) in [5.41, 5.74) is 2.41. The van der Waals surface area contributed by atoms with E-state index in [1.165, 1.54) is 11.1 Å². The minimum absolute atomic E-state index is 0.147. The fraction of sp³-hybridized carbons (Fsp3) is 0.286. The van der Waals surface area contributed by atoms with Crippen LogP contribution in [0.15, 0.2) is 39.5 Å². The summed E-state index contributed by atoms with van der Waals surface area (Å²) in [6.07, 6.45) is 0. The third-order valence-electron chi connectivity index (χ3n) is 2.77. The van der Waals surface area contributed by atoms with Gasteiger partial charge in [-0.05, 0) is 46.9 Å². The molecule has 18 heavy (non-hydrogen) atoms. The number of ether oxygens (including phenoxy) is 1. The molecule has 0 radical (unpaired) electrons. The van der Waals surface area contributed by atoms with Gasteiger partial charge in [0, 0.05) is 15.4 Å². The van der Waals surface area contributed by atoms with Gasteiger partial charge in [-0.1, -0.05) is 18.2 Å². The van der Waals surface area contributed by atoms with E-state index in [0.717, 1.165) is 10.2 Å². The van der Waals surface area contributed by atoms with Gasteiger partial charge in [-0.2, -0.15) is 11.3 Å². The Labute approximate surface area is 120 Å². The van der Waals surface area contributed by atoms with E-state index < -0.39 is 0 Å². The van der Waals surface area contributed by atoms with Gasteiger partial charge >= 0.3 is 0 Å². The lowest BCUT2D eigenvalue weighted by Crippen LogP contribution is -2.18. The van der Waals surface area contributed by atoms with Gasteiger partial charge in [0.25, 0.3) is 0 Å². The smallest absolute Gasteiger partial charge is 0.124 e. The zero-order chi connectivity index (χ0) is 13.0. The molecule has 96 valence electrons. The Morgan fingerprint density at radius 1 is 1.28 bits per heavy atom. The van der Waals surface area contributed by atoms with Crippen LogP contribution < -0.4 is 10.1 Å². The molecule has 1 unspecified atom stereocenters. The van der Waals surface area contributed by atoms with Gasteiger partial charge in [-0.25, -0.2) is 0 Å². The largest absolute Gasteiger partial charge is 0.494 e. The molecule has 0 spiro atoms. The quantitative estimate of drug-likeness (QED) is 0.888. The molecule has 1 aromatic carbocycles. The number of hydrogen-bond acceptors (Lipinski definition) is 3. The van der Waals surface area contributed by atoms with Crippen LogP contribution in [0.3, 0.4) is 0 Å². The van der Waals surface area contributed by atoms with E-state index in [-0.39, 0.29) is 6.04 Å². The van der Waals surface area contributed by atoms with E-state index in [1.54, 1.807) is 11.3 Å². The highest BCUT2D eigenvalue weighted by atomic mass is 79.9. The topological polar surface area (TPSA) is 21.3 Å². The molecule has 0 fully saturated rings. The first-order chi connectivity index (χ1) is 8.77. The molecule has 1 atom stereocenters. The van der Waals surface area contributed by atoms with Crippen molar-refractivity contribution in [3.8, 4) is 5.75 Å². The number of benzene rings is 1. The van der Waals surface area contributed by atoms with Gasteiger partial charge in [-0.15, -0.1) is 0 Å². The summed E-state index contributed by atoms with van der Waals surface area (Å²) in [6.45, 7) is 2.68. The molecule has 2 rings (SSSR count). The monoisotopic (exact) mass is 325 g/mol. The predicted octanol–water partition coefficient (Wildman–Crippen LogP) is 4.22. The Bertz CT molecular complexity index is 512. The molecule has 0 aliphatic rings. The van der Waals surface area contributed by atoms with Crippen LogP contribution in [0, 0.1) is 0 Å². The SMILES string of the molecule is CCOc1ccccc1C(NC)c1cscc1Br. The van der Waals surface area contributed by atoms with Crippen molar-refractivity contribution in [2.45, 2.75) is 13.0 Å². The van der Waals surface area contributed by atoms with Crippen LogP contribution in [0.4, 0.5) is 0 Å². The molecule has 0 aliphatic carbocycles. The van der Waals surface area contributed by atoms with Crippen molar-refractivity contribution in [3.63, 3.8) is 0 Å². The number of hydrogen-bond donors (Lipinski definition) is 1. The van der Waals surface area contributed by atoms with Crippen LogP contribution in [-0.2, 0) is 0 Å². The molecule has 0 saturated carbocycles. The summed E-state index contributed by atoms with van der Waals surface area (Å²) in [5.74, 6) is 0.942. The van der Waals surface area contributed by atoms with E-state index >= 15 is 0 Å². The van der Waals surface area contributed by atoms with Crippen LogP contribution in [-0.4, -0.2) is 13.7 Å².